The van der Waals surface area contributed by atoms with Gasteiger partial charge in [0.2, 0.25) is 5.91 Å². The van der Waals surface area contributed by atoms with Gasteiger partial charge in [0.25, 0.3) is 5.89 Å². The molecule has 2 N–H and O–H groups in total. The molecule has 1 fully saturated rings. The molecule has 0 aliphatic heterocycles. The maximum Gasteiger partial charge on any atom is 0.307 e. The Hall–Kier alpha value is -2.70. The van der Waals surface area contributed by atoms with E-state index < -0.39 is 23.2 Å². The van der Waals surface area contributed by atoms with Crippen molar-refractivity contribution in [3.63, 3.8) is 0 Å². The van der Waals surface area contributed by atoms with Crippen LogP contribution in [0.25, 0.3) is 11.5 Å². The topological polar surface area (TPSA) is 105 Å². The lowest BCUT2D eigenvalue weighted by molar-refractivity contribution is -0.140. The summed E-state index contributed by atoms with van der Waals surface area (Å²) < 4.78 is 5.23. The third kappa shape index (κ3) is 2.77. The number of amides is 1. The molecule has 7 nitrogen and oxygen atoms in total. The van der Waals surface area contributed by atoms with Crippen molar-refractivity contribution in [3.05, 3.63) is 35.7 Å². The van der Waals surface area contributed by atoms with Crippen LogP contribution in [0.5, 0.6) is 0 Å². The Labute approximate surface area is 139 Å². The second-order valence-corrected chi connectivity index (χ2v) is 6.66. The van der Waals surface area contributed by atoms with Gasteiger partial charge in [0.15, 0.2) is 5.82 Å². The molecular weight excluding hydrogens is 310 g/mol. The normalized spacial score (nSPS) is 21.3. The fraction of sp³-hybridized carbons (Fsp3) is 0.412. The smallest absolute Gasteiger partial charge is 0.307 e. The molecule has 7 heteroatoms. The van der Waals surface area contributed by atoms with E-state index in [1.165, 1.54) is 0 Å². The predicted molar refractivity (Wildman–Crippen MR) is 84.7 cm³/mol. The Bertz CT molecular complexity index is 797. The Kier molecular flexibility index (Phi) is 3.87. The number of carboxylic acid groups (broad SMARTS) is 1. The molecule has 0 saturated heterocycles. The first-order valence-electron chi connectivity index (χ1n) is 7.71. The lowest BCUT2D eigenvalue weighted by Crippen LogP contribution is -2.27. The van der Waals surface area contributed by atoms with Gasteiger partial charge >= 0.3 is 5.97 Å². The Morgan fingerprint density at radius 2 is 2.00 bits per heavy atom. The number of carboxylic acids is 1. The van der Waals surface area contributed by atoms with Gasteiger partial charge in [-0.1, -0.05) is 37.2 Å². The number of benzene rings is 1. The second-order valence-electron chi connectivity index (χ2n) is 6.66. The highest BCUT2D eigenvalue weighted by Crippen LogP contribution is 2.58. The molecule has 2 aromatic rings. The molecule has 1 aliphatic rings. The van der Waals surface area contributed by atoms with Gasteiger partial charge in [-0.3, -0.25) is 9.59 Å². The molecule has 126 valence electrons. The third-order valence-electron chi connectivity index (χ3n) is 4.64. The van der Waals surface area contributed by atoms with Gasteiger partial charge < -0.3 is 14.9 Å². The summed E-state index contributed by atoms with van der Waals surface area (Å²) in [5.41, 5.74) is 1.33. The number of aromatic nitrogens is 2. The van der Waals surface area contributed by atoms with Crippen LogP contribution in [0.2, 0.25) is 0 Å². The molecule has 1 aromatic heterocycles. The fourth-order valence-corrected chi connectivity index (χ4v) is 3.11. The largest absolute Gasteiger partial charge is 0.481 e. The monoisotopic (exact) mass is 329 g/mol. The predicted octanol–water partition coefficient (Wildman–Crippen LogP) is 2.02. The molecule has 3 rings (SSSR count). The van der Waals surface area contributed by atoms with Crippen LogP contribution in [-0.2, 0) is 16.1 Å². The van der Waals surface area contributed by atoms with Crippen molar-refractivity contribution in [2.24, 2.45) is 17.3 Å². The molecule has 2 atom stereocenters. The van der Waals surface area contributed by atoms with Crippen LogP contribution in [-0.4, -0.2) is 27.1 Å². The summed E-state index contributed by atoms with van der Waals surface area (Å²) in [6.07, 6.45) is 0. The summed E-state index contributed by atoms with van der Waals surface area (Å²) in [4.78, 5) is 27.6. The molecule has 0 spiro atoms. The minimum Gasteiger partial charge on any atom is -0.481 e. The van der Waals surface area contributed by atoms with E-state index >= 15 is 0 Å². The maximum absolute atomic E-state index is 12.2. The highest BCUT2D eigenvalue weighted by Gasteiger charge is 2.65. The van der Waals surface area contributed by atoms with Crippen LogP contribution in [0.1, 0.15) is 25.2 Å². The molecule has 1 saturated carbocycles. The molecule has 1 aromatic carbocycles. The summed E-state index contributed by atoms with van der Waals surface area (Å²) in [6, 6.07) is 7.64. The van der Waals surface area contributed by atoms with Crippen molar-refractivity contribution in [1.29, 1.82) is 0 Å². The zero-order valence-electron chi connectivity index (χ0n) is 13.7. The molecule has 1 aliphatic carbocycles. The SMILES string of the molecule is Cc1ccccc1-c1nc(CNC(=O)[C@@H]2[C@H](C(=O)O)C2(C)C)no1. The minimum absolute atomic E-state index is 0.104. The fourth-order valence-electron chi connectivity index (χ4n) is 3.11. The average molecular weight is 329 g/mol. The lowest BCUT2D eigenvalue weighted by Gasteiger charge is -2.03. The number of nitrogens with one attached hydrogen (secondary N) is 1. The van der Waals surface area contributed by atoms with Crippen molar-refractivity contribution in [3.8, 4) is 11.5 Å². The van der Waals surface area contributed by atoms with Crippen molar-refractivity contribution in [2.75, 3.05) is 0 Å². The quantitative estimate of drug-likeness (QED) is 0.869. The number of rotatable bonds is 5. The summed E-state index contributed by atoms with van der Waals surface area (Å²) in [7, 11) is 0. The second kappa shape index (κ2) is 5.74. The first kappa shape index (κ1) is 16.2. The zero-order valence-corrected chi connectivity index (χ0v) is 13.7. The Balaban J connectivity index is 1.64. The molecular formula is C17H19N3O4. The van der Waals surface area contributed by atoms with E-state index in [-0.39, 0.29) is 12.5 Å². The van der Waals surface area contributed by atoms with E-state index in [9.17, 15) is 9.59 Å². The Morgan fingerprint density at radius 3 is 2.62 bits per heavy atom. The van der Waals surface area contributed by atoms with E-state index in [0.29, 0.717) is 11.7 Å². The molecule has 0 unspecified atom stereocenters. The van der Waals surface area contributed by atoms with Crippen molar-refractivity contribution in [1.82, 2.24) is 15.5 Å². The number of hydrogen-bond donors (Lipinski definition) is 2. The van der Waals surface area contributed by atoms with Gasteiger partial charge in [-0.15, -0.1) is 0 Å². The van der Waals surface area contributed by atoms with Gasteiger partial charge in [0.1, 0.15) is 0 Å². The van der Waals surface area contributed by atoms with Crippen molar-refractivity contribution < 1.29 is 19.2 Å². The van der Waals surface area contributed by atoms with Gasteiger partial charge in [-0.25, -0.2) is 0 Å². The van der Waals surface area contributed by atoms with Crippen LogP contribution in [0.3, 0.4) is 0 Å². The van der Waals surface area contributed by atoms with Crippen LogP contribution < -0.4 is 5.32 Å². The van der Waals surface area contributed by atoms with Gasteiger partial charge in [-0.05, 0) is 24.0 Å². The van der Waals surface area contributed by atoms with E-state index in [2.05, 4.69) is 15.5 Å². The van der Waals surface area contributed by atoms with Crippen molar-refractivity contribution >= 4 is 11.9 Å². The summed E-state index contributed by atoms with van der Waals surface area (Å²) in [5.74, 6) is -1.67. The van der Waals surface area contributed by atoms with E-state index in [1.807, 2.05) is 31.2 Å². The zero-order chi connectivity index (χ0) is 17.5. The summed E-state index contributed by atoms with van der Waals surface area (Å²) in [6.45, 7) is 5.61. The standard InChI is InChI=1S/C17H19N3O4/c1-9-6-4-5-7-10(9)15-19-11(20-24-15)8-18-14(21)12-13(16(22)23)17(12,2)3/h4-7,12-13H,8H2,1-3H3,(H,18,21)(H,22,23)/t12-,13+/m0/s1. The van der Waals surface area contributed by atoms with Crippen molar-refractivity contribution in [2.45, 2.75) is 27.3 Å². The van der Waals surface area contributed by atoms with Crippen LogP contribution in [0.15, 0.2) is 28.8 Å². The van der Waals surface area contributed by atoms with E-state index in [1.54, 1.807) is 13.8 Å². The average Bonchev–Trinajstić information content (AvgIpc) is 2.89. The number of carbonyl (C=O) groups is 2. The Morgan fingerprint density at radius 1 is 1.29 bits per heavy atom. The summed E-state index contributed by atoms with van der Waals surface area (Å²) >= 11 is 0. The number of aryl methyl sites for hydroxylation is 1. The maximum atomic E-state index is 12.2. The molecule has 0 bridgehead atoms. The number of nitrogens with zero attached hydrogens (tertiary/aromatic N) is 2. The number of aliphatic carboxylic acids is 1. The lowest BCUT2D eigenvalue weighted by atomic mass is 10.1. The first-order chi connectivity index (χ1) is 11.3. The third-order valence-corrected chi connectivity index (χ3v) is 4.64. The van der Waals surface area contributed by atoms with Gasteiger partial charge in [-0.2, -0.15) is 4.98 Å². The molecule has 0 radical (unpaired) electrons. The highest BCUT2D eigenvalue weighted by atomic mass is 16.5. The number of hydrogen-bond acceptors (Lipinski definition) is 5. The molecule has 1 amide bonds. The van der Waals surface area contributed by atoms with E-state index in [4.69, 9.17) is 9.63 Å². The van der Waals surface area contributed by atoms with Gasteiger partial charge in [0, 0.05) is 5.56 Å². The molecule has 1 heterocycles. The van der Waals surface area contributed by atoms with E-state index in [0.717, 1.165) is 11.1 Å². The van der Waals surface area contributed by atoms with Gasteiger partial charge in [0.05, 0.1) is 18.4 Å². The summed E-state index contributed by atoms with van der Waals surface area (Å²) in [5, 5.41) is 15.7. The number of carbonyl (C=O) groups excluding carboxylic acids is 1. The first-order valence-corrected chi connectivity index (χ1v) is 7.71. The van der Waals surface area contributed by atoms with Crippen LogP contribution >= 0.6 is 0 Å². The van der Waals surface area contributed by atoms with Crippen LogP contribution in [0, 0.1) is 24.2 Å². The highest BCUT2D eigenvalue weighted by molar-refractivity contribution is 5.91. The molecule has 24 heavy (non-hydrogen) atoms. The van der Waals surface area contributed by atoms with Crippen LogP contribution in [0.4, 0.5) is 0 Å². The minimum atomic E-state index is -0.943.